The highest BCUT2D eigenvalue weighted by molar-refractivity contribution is 5.78. The molecule has 138 valence electrons. The molecule has 25 heavy (non-hydrogen) atoms. The van der Waals surface area contributed by atoms with E-state index in [2.05, 4.69) is 29.0 Å². The molecule has 1 aliphatic heterocycles. The van der Waals surface area contributed by atoms with Crippen molar-refractivity contribution < 1.29 is 9.90 Å². The van der Waals surface area contributed by atoms with Crippen LogP contribution in [0.15, 0.2) is 30.3 Å². The summed E-state index contributed by atoms with van der Waals surface area (Å²) < 4.78 is 0. The Morgan fingerprint density at radius 2 is 1.76 bits per heavy atom. The standard InChI is InChI=1S/C20H31N3O2/c1-21-11-13-23(14-12-21)19(24)16-22(15-18-7-3-2-4-8-18)17-20(25)9-5-6-10-20/h2-4,7-8,25H,5-6,9-17H2,1H3. The second-order valence-corrected chi connectivity index (χ2v) is 7.75. The maximum Gasteiger partial charge on any atom is 0.236 e. The zero-order valence-electron chi connectivity index (χ0n) is 15.4. The van der Waals surface area contributed by atoms with E-state index in [0.29, 0.717) is 19.6 Å². The van der Waals surface area contributed by atoms with E-state index in [4.69, 9.17) is 0 Å². The fraction of sp³-hybridized carbons (Fsp3) is 0.650. The molecule has 1 aromatic carbocycles. The molecular weight excluding hydrogens is 314 g/mol. The summed E-state index contributed by atoms with van der Waals surface area (Å²) in [5.41, 5.74) is 0.562. The number of hydrogen-bond donors (Lipinski definition) is 1. The Morgan fingerprint density at radius 3 is 2.40 bits per heavy atom. The van der Waals surface area contributed by atoms with Gasteiger partial charge in [0.15, 0.2) is 0 Å². The molecule has 0 unspecified atom stereocenters. The second kappa shape index (κ2) is 8.30. The van der Waals surface area contributed by atoms with Gasteiger partial charge in [-0.3, -0.25) is 9.69 Å². The van der Waals surface area contributed by atoms with Crippen molar-refractivity contribution in [1.82, 2.24) is 14.7 Å². The van der Waals surface area contributed by atoms with E-state index in [1.54, 1.807) is 0 Å². The minimum absolute atomic E-state index is 0.186. The van der Waals surface area contributed by atoms with Crippen LogP contribution in [0, 0.1) is 0 Å². The molecule has 1 heterocycles. The van der Waals surface area contributed by atoms with Gasteiger partial charge in [-0.2, -0.15) is 0 Å². The van der Waals surface area contributed by atoms with Crippen molar-refractivity contribution in [2.24, 2.45) is 0 Å². The van der Waals surface area contributed by atoms with Gasteiger partial charge in [0.25, 0.3) is 0 Å². The summed E-state index contributed by atoms with van der Waals surface area (Å²) in [6, 6.07) is 10.2. The molecule has 3 rings (SSSR count). The van der Waals surface area contributed by atoms with Crippen LogP contribution in [0.5, 0.6) is 0 Å². The molecule has 0 bridgehead atoms. The van der Waals surface area contributed by atoms with E-state index < -0.39 is 5.60 Å². The molecule has 1 amide bonds. The van der Waals surface area contributed by atoms with E-state index in [1.165, 1.54) is 5.56 Å². The fourth-order valence-electron chi connectivity index (χ4n) is 3.96. The smallest absolute Gasteiger partial charge is 0.236 e. The minimum atomic E-state index is -0.628. The number of carbonyl (C=O) groups excluding carboxylic acids is 1. The number of hydrogen-bond acceptors (Lipinski definition) is 4. The van der Waals surface area contributed by atoms with Crippen LogP contribution < -0.4 is 0 Å². The number of piperazine rings is 1. The van der Waals surface area contributed by atoms with Crippen molar-refractivity contribution in [3.05, 3.63) is 35.9 Å². The summed E-state index contributed by atoms with van der Waals surface area (Å²) in [6.07, 6.45) is 3.87. The lowest BCUT2D eigenvalue weighted by Crippen LogP contribution is -2.51. The predicted octanol–water partition coefficient (Wildman–Crippen LogP) is 1.57. The molecule has 1 aliphatic carbocycles. The third-order valence-corrected chi connectivity index (χ3v) is 5.52. The average molecular weight is 345 g/mol. The highest BCUT2D eigenvalue weighted by Gasteiger charge is 2.34. The van der Waals surface area contributed by atoms with E-state index in [1.807, 2.05) is 23.1 Å². The minimum Gasteiger partial charge on any atom is -0.389 e. The SMILES string of the molecule is CN1CCN(C(=O)CN(Cc2ccccc2)CC2(O)CCCC2)CC1. The zero-order valence-corrected chi connectivity index (χ0v) is 15.4. The van der Waals surface area contributed by atoms with Crippen LogP contribution in [0.25, 0.3) is 0 Å². The maximum absolute atomic E-state index is 12.8. The third kappa shape index (κ3) is 5.27. The molecule has 0 atom stereocenters. The lowest BCUT2D eigenvalue weighted by Gasteiger charge is -2.35. The predicted molar refractivity (Wildman–Crippen MR) is 99.2 cm³/mol. The van der Waals surface area contributed by atoms with E-state index in [0.717, 1.165) is 51.9 Å². The van der Waals surface area contributed by atoms with Crippen LogP contribution in [-0.4, -0.2) is 77.6 Å². The van der Waals surface area contributed by atoms with Gasteiger partial charge in [0, 0.05) is 39.3 Å². The van der Waals surface area contributed by atoms with Gasteiger partial charge in [0.1, 0.15) is 0 Å². The normalized spacial score (nSPS) is 21.0. The number of rotatable bonds is 6. The van der Waals surface area contributed by atoms with Crippen LogP contribution in [0.1, 0.15) is 31.2 Å². The summed E-state index contributed by atoms with van der Waals surface area (Å²) in [5.74, 6) is 0.186. The molecule has 0 radical (unpaired) electrons. The molecule has 1 aromatic rings. The summed E-state index contributed by atoms with van der Waals surface area (Å²) >= 11 is 0. The number of carbonyl (C=O) groups is 1. The van der Waals surface area contributed by atoms with Gasteiger partial charge in [-0.15, -0.1) is 0 Å². The van der Waals surface area contributed by atoms with Crippen molar-refractivity contribution in [2.75, 3.05) is 46.3 Å². The number of likely N-dealkylation sites (N-methyl/N-ethyl adjacent to an activating group) is 1. The molecule has 5 heteroatoms. The Labute approximate surface area is 151 Å². The number of benzene rings is 1. The van der Waals surface area contributed by atoms with Gasteiger partial charge in [-0.25, -0.2) is 0 Å². The Kier molecular flexibility index (Phi) is 6.10. The van der Waals surface area contributed by atoms with Crippen molar-refractivity contribution in [3.8, 4) is 0 Å². The van der Waals surface area contributed by atoms with Crippen molar-refractivity contribution in [3.63, 3.8) is 0 Å². The van der Waals surface area contributed by atoms with Crippen LogP contribution in [0.3, 0.4) is 0 Å². The number of nitrogens with zero attached hydrogens (tertiary/aromatic N) is 3. The highest BCUT2D eigenvalue weighted by atomic mass is 16.3. The Balaban J connectivity index is 1.63. The van der Waals surface area contributed by atoms with Gasteiger partial charge in [-0.1, -0.05) is 43.2 Å². The second-order valence-electron chi connectivity index (χ2n) is 7.75. The van der Waals surface area contributed by atoms with E-state index in [-0.39, 0.29) is 5.91 Å². The van der Waals surface area contributed by atoms with Crippen LogP contribution in [0.4, 0.5) is 0 Å². The molecule has 1 N–H and O–H groups in total. The van der Waals surface area contributed by atoms with Gasteiger partial charge in [0.05, 0.1) is 12.1 Å². The lowest BCUT2D eigenvalue weighted by molar-refractivity contribution is -0.135. The first-order valence-corrected chi connectivity index (χ1v) is 9.49. The van der Waals surface area contributed by atoms with Crippen molar-refractivity contribution in [2.45, 2.75) is 37.8 Å². The topological polar surface area (TPSA) is 47.0 Å². The first-order valence-electron chi connectivity index (χ1n) is 9.49. The van der Waals surface area contributed by atoms with Gasteiger partial charge in [-0.05, 0) is 25.5 Å². The summed E-state index contributed by atoms with van der Waals surface area (Å²) in [7, 11) is 2.10. The monoisotopic (exact) mass is 345 g/mol. The average Bonchev–Trinajstić information content (AvgIpc) is 3.02. The third-order valence-electron chi connectivity index (χ3n) is 5.52. The molecule has 0 aromatic heterocycles. The first kappa shape index (κ1) is 18.4. The Morgan fingerprint density at radius 1 is 1.12 bits per heavy atom. The molecule has 0 spiro atoms. The van der Waals surface area contributed by atoms with Crippen molar-refractivity contribution >= 4 is 5.91 Å². The van der Waals surface area contributed by atoms with Gasteiger partial charge < -0.3 is 14.9 Å². The molecule has 2 fully saturated rings. The van der Waals surface area contributed by atoms with Crippen molar-refractivity contribution in [1.29, 1.82) is 0 Å². The molecule has 1 saturated heterocycles. The Hall–Kier alpha value is -1.43. The summed E-state index contributed by atoms with van der Waals surface area (Å²) in [4.78, 5) is 19.1. The van der Waals surface area contributed by atoms with E-state index in [9.17, 15) is 9.90 Å². The zero-order chi connectivity index (χ0) is 17.7. The number of amides is 1. The summed E-state index contributed by atoms with van der Waals surface area (Å²) in [5, 5.41) is 10.8. The quantitative estimate of drug-likeness (QED) is 0.850. The van der Waals surface area contributed by atoms with Crippen LogP contribution in [-0.2, 0) is 11.3 Å². The molecule has 1 saturated carbocycles. The molecule has 5 nitrogen and oxygen atoms in total. The van der Waals surface area contributed by atoms with Gasteiger partial charge >= 0.3 is 0 Å². The summed E-state index contributed by atoms with van der Waals surface area (Å²) in [6.45, 7) is 5.17. The molecule has 2 aliphatic rings. The molecular formula is C20H31N3O2. The highest BCUT2D eigenvalue weighted by Crippen LogP contribution is 2.30. The maximum atomic E-state index is 12.8. The van der Waals surface area contributed by atoms with Crippen LogP contribution >= 0.6 is 0 Å². The lowest BCUT2D eigenvalue weighted by atomic mass is 10.0. The largest absolute Gasteiger partial charge is 0.389 e. The Bertz CT molecular complexity index is 549. The van der Waals surface area contributed by atoms with Gasteiger partial charge in [0.2, 0.25) is 5.91 Å². The number of aliphatic hydroxyl groups is 1. The van der Waals surface area contributed by atoms with E-state index >= 15 is 0 Å². The van der Waals surface area contributed by atoms with Crippen LogP contribution in [0.2, 0.25) is 0 Å². The first-order chi connectivity index (χ1) is 12.0. The fourth-order valence-corrected chi connectivity index (χ4v) is 3.96.